The standard InChI is InChI=1S/C25H29NO5/c27-24(28)23(16-30-14-17-8-2-1-3-9-17)26-25(29)31-15-22-20-12-6-4-10-18(20)19-11-5-7-13-21(19)22/h4-7,10-13,17,22-23H,1-3,8-9,14-16H2,(H,26,29)(H,27,28). The normalized spacial score (nSPS) is 16.9. The van der Waals surface area contributed by atoms with Gasteiger partial charge < -0.3 is 19.9 Å². The van der Waals surface area contributed by atoms with Gasteiger partial charge in [0.25, 0.3) is 0 Å². The van der Waals surface area contributed by atoms with Crippen LogP contribution in [0.2, 0.25) is 0 Å². The Hall–Kier alpha value is -2.86. The minimum Gasteiger partial charge on any atom is -0.480 e. The number of hydrogen-bond acceptors (Lipinski definition) is 4. The molecule has 4 rings (SSSR count). The number of alkyl carbamates (subject to hydrolysis) is 1. The number of rotatable bonds is 8. The van der Waals surface area contributed by atoms with E-state index in [2.05, 4.69) is 17.4 Å². The van der Waals surface area contributed by atoms with Crippen molar-refractivity contribution in [2.75, 3.05) is 19.8 Å². The molecular weight excluding hydrogens is 394 g/mol. The Bertz CT molecular complexity index is 876. The predicted molar refractivity (Wildman–Crippen MR) is 117 cm³/mol. The van der Waals surface area contributed by atoms with Crippen LogP contribution in [0.5, 0.6) is 0 Å². The molecule has 6 heteroatoms. The summed E-state index contributed by atoms with van der Waals surface area (Å²) < 4.78 is 11.1. The van der Waals surface area contributed by atoms with Crippen LogP contribution in [0.25, 0.3) is 11.1 Å². The molecule has 0 aliphatic heterocycles. The second-order valence-corrected chi connectivity index (χ2v) is 8.40. The van der Waals surface area contributed by atoms with Crippen LogP contribution in [-0.2, 0) is 14.3 Å². The number of nitrogens with one attached hydrogen (secondary N) is 1. The Balaban J connectivity index is 1.31. The molecule has 0 saturated heterocycles. The molecule has 1 fully saturated rings. The smallest absolute Gasteiger partial charge is 0.407 e. The lowest BCUT2D eigenvalue weighted by molar-refractivity contribution is -0.141. The molecule has 1 amide bonds. The van der Waals surface area contributed by atoms with Gasteiger partial charge in [0.2, 0.25) is 0 Å². The molecule has 2 aliphatic carbocycles. The number of aliphatic carboxylic acids is 1. The molecule has 2 aliphatic rings. The highest BCUT2D eigenvalue weighted by Crippen LogP contribution is 2.44. The molecule has 1 saturated carbocycles. The number of carbonyl (C=O) groups is 2. The zero-order chi connectivity index (χ0) is 21.6. The lowest BCUT2D eigenvalue weighted by Gasteiger charge is -2.22. The van der Waals surface area contributed by atoms with Crippen molar-refractivity contribution in [2.24, 2.45) is 5.92 Å². The summed E-state index contributed by atoms with van der Waals surface area (Å²) in [6.07, 6.45) is 5.17. The van der Waals surface area contributed by atoms with E-state index in [1.807, 2.05) is 36.4 Å². The van der Waals surface area contributed by atoms with Gasteiger partial charge in [-0.3, -0.25) is 0 Å². The minimum absolute atomic E-state index is 0.0595. The van der Waals surface area contributed by atoms with Gasteiger partial charge in [0.1, 0.15) is 6.61 Å². The Morgan fingerprint density at radius 1 is 0.935 bits per heavy atom. The third kappa shape index (κ3) is 5.07. The summed E-state index contributed by atoms with van der Waals surface area (Å²) >= 11 is 0. The number of fused-ring (bicyclic) bond motifs is 3. The Kier molecular flexibility index (Phi) is 6.87. The number of ether oxygens (including phenoxy) is 2. The molecular formula is C25H29NO5. The summed E-state index contributed by atoms with van der Waals surface area (Å²) in [6.45, 7) is 0.626. The molecule has 2 aromatic carbocycles. The maximum absolute atomic E-state index is 12.4. The van der Waals surface area contributed by atoms with Gasteiger partial charge in [0.15, 0.2) is 6.04 Å². The number of benzene rings is 2. The zero-order valence-electron chi connectivity index (χ0n) is 17.6. The SMILES string of the molecule is O=C(NC(COCC1CCCCC1)C(=O)O)OCC1c2ccccc2-c2ccccc21. The summed E-state index contributed by atoms with van der Waals surface area (Å²) in [5.74, 6) is -0.709. The van der Waals surface area contributed by atoms with Crippen LogP contribution in [0.15, 0.2) is 48.5 Å². The van der Waals surface area contributed by atoms with Crippen LogP contribution in [0.3, 0.4) is 0 Å². The molecule has 31 heavy (non-hydrogen) atoms. The minimum atomic E-state index is -1.13. The summed E-state index contributed by atoms with van der Waals surface area (Å²) in [5, 5.41) is 11.9. The molecule has 0 bridgehead atoms. The van der Waals surface area contributed by atoms with Crippen LogP contribution >= 0.6 is 0 Å². The molecule has 0 spiro atoms. The quantitative estimate of drug-likeness (QED) is 0.649. The van der Waals surface area contributed by atoms with Crippen molar-refractivity contribution in [3.63, 3.8) is 0 Å². The van der Waals surface area contributed by atoms with Crippen molar-refractivity contribution in [1.82, 2.24) is 5.32 Å². The van der Waals surface area contributed by atoms with Crippen molar-refractivity contribution in [3.05, 3.63) is 59.7 Å². The first-order valence-electron chi connectivity index (χ1n) is 11.1. The fourth-order valence-electron chi connectivity index (χ4n) is 4.66. The molecule has 164 valence electrons. The van der Waals surface area contributed by atoms with Crippen molar-refractivity contribution >= 4 is 12.1 Å². The van der Waals surface area contributed by atoms with Crippen molar-refractivity contribution < 1.29 is 24.2 Å². The maximum atomic E-state index is 12.4. The summed E-state index contributed by atoms with van der Waals surface area (Å²) in [4.78, 5) is 23.9. The van der Waals surface area contributed by atoms with E-state index in [0.29, 0.717) is 12.5 Å². The molecule has 6 nitrogen and oxygen atoms in total. The molecule has 0 aromatic heterocycles. The Morgan fingerprint density at radius 2 is 1.55 bits per heavy atom. The van der Waals surface area contributed by atoms with Crippen LogP contribution in [0.4, 0.5) is 4.79 Å². The van der Waals surface area contributed by atoms with Gasteiger partial charge in [0, 0.05) is 12.5 Å². The van der Waals surface area contributed by atoms with Crippen LogP contribution in [0, 0.1) is 5.92 Å². The van der Waals surface area contributed by atoms with Gasteiger partial charge in [-0.05, 0) is 41.0 Å². The van der Waals surface area contributed by atoms with Crippen molar-refractivity contribution in [1.29, 1.82) is 0 Å². The molecule has 0 radical (unpaired) electrons. The summed E-state index contributed by atoms with van der Waals surface area (Å²) in [7, 11) is 0. The first kappa shape index (κ1) is 21.4. The van der Waals surface area contributed by atoms with E-state index in [1.54, 1.807) is 0 Å². The van der Waals surface area contributed by atoms with Gasteiger partial charge in [-0.15, -0.1) is 0 Å². The second-order valence-electron chi connectivity index (χ2n) is 8.40. The number of hydrogen-bond donors (Lipinski definition) is 2. The van der Waals surface area contributed by atoms with E-state index in [0.717, 1.165) is 35.1 Å². The zero-order valence-corrected chi connectivity index (χ0v) is 17.6. The molecule has 1 atom stereocenters. The van der Waals surface area contributed by atoms with Gasteiger partial charge >= 0.3 is 12.1 Å². The van der Waals surface area contributed by atoms with E-state index in [-0.39, 0.29) is 19.1 Å². The number of carboxylic acid groups (broad SMARTS) is 1. The monoisotopic (exact) mass is 423 g/mol. The predicted octanol–water partition coefficient (Wildman–Crippen LogP) is 4.58. The van der Waals surface area contributed by atoms with E-state index in [4.69, 9.17) is 9.47 Å². The number of amides is 1. The van der Waals surface area contributed by atoms with E-state index in [1.165, 1.54) is 19.3 Å². The van der Waals surface area contributed by atoms with E-state index in [9.17, 15) is 14.7 Å². The van der Waals surface area contributed by atoms with Crippen LogP contribution in [-0.4, -0.2) is 43.0 Å². The number of carboxylic acids is 1. The van der Waals surface area contributed by atoms with E-state index >= 15 is 0 Å². The molecule has 0 heterocycles. The fourth-order valence-corrected chi connectivity index (χ4v) is 4.66. The van der Waals surface area contributed by atoms with E-state index < -0.39 is 18.1 Å². The highest BCUT2D eigenvalue weighted by molar-refractivity contribution is 5.81. The fraction of sp³-hybridized carbons (Fsp3) is 0.440. The van der Waals surface area contributed by atoms with Crippen molar-refractivity contribution in [2.45, 2.75) is 44.1 Å². The van der Waals surface area contributed by atoms with Gasteiger partial charge in [-0.25, -0.2) is 9.59 Å². The van der Waals surface area contributed by atoms with Crippen molar-refractivity contribution in [3.8, 4) is 11.1 Å². The summed E-state index contributed by atoms with van der Waals surface area (Å²) in [6, 6.07) is 15.0. The lowest BCUT2D eigenvalue weighted by Crippen LogP contribution is -2.44. The topological polar surface area (TPSA) is 84.9 Å². The van der Waals surface area contributed by atoms with Gasteiger partial charge in [0.05, 0.1) is 6.61 Å². The number of carbonyl (C=O) groups excluding carboxylic acids is 1. The summed E-state index contributed by atoms with van der Waals surface area (Å²) in [5.41, 5.74) is 4.52. The Labute approximate surface area is 182 Å². The second kappa shape index (κ2) is 9.96. The molecule has 2 N–H and O–H groups in total. The highest BCUT2D eigenvalue weighted by atomic mass is 16.5. The molecule has 2 aromatic rings. The third-order valence-corrected chi connectivity index (χ3v) is 6.30. The Morgan fingerprint density at radius 3 is 2.16 bits per heavy atom. The van der Waals surface area contributed by atoms with Crippen LogP contribution in [0.1, 0.15) is 49.1 Å². The maximum Gasteiger partial charge on any atom is 0.407 e. The lowest BCUT2D eigenvalue weighted by atomic mass is 9.90. The first-order valence-corrected chi connectivity index (χ1v) is 11.1. The van der Waals surface area contributed by atoms with Gasteiger partial charge in [-0.2, -0.15) is 0 Å². The first-order chi connectivity index (χ1) is 15.1. The third-order valence-electron chi connectivity index (χ3n) is 6.30. The van der Waals surface area contributed by atoms with Gasteiger partial charge in [-0.1, -0.05) is 67.8 Å². The average Bonchev–Trinajstić information content (AvgIpc) is 3.11. The largest absolute Gasteiger partial charge is 0.480 e. The van der Waals surface area contributed by atoms with Crippen LogP contribution < -0.4 is 5.32 Å². The average molecular weight is 424 g/mol. The molecule has 1 unspecified atom stereocenters. The highest BCUT2D eigenvalue weighted by Gasteiger charge is 2.30.